The number of aliphatic hydroxyl groups is 1. The predicted molar refractivity (Wildman–Crippen MR) is 48.8 cm³/mol. The molecule has 0 rings (SSSR count). The lowest BCUT2D eigenvalue weighted by Crippen LogP contribution is -2.30. The van der Waals surface area contributed by atoms with Crippen molar-refractivity contribution in [2.24, 2.45) is 0 Å². The smallest absolute Gasteiger partial charge is 0.0897 e. The van der Waals surface area contributed by atoms with E-state index in [1.54, 1.807) is 7.11 Å². The fraction of sp³-hybridized carbons (Fsp3) is 0.778. The number of hydrogen-bond acceptors (Lipinski definition) is 3. The highest BCUT2D eigenvalue weighted by Gasteiger charge is 2.00. The molecule has 3 heteroatoms. The Morgan fingerprint density at radius 3 is 3.00 bits per heavy atom. The van der Waals surface area contributed by atoms with Gasteiger partial charge in [0.15, 0.2) is 0 Å². The standard InChI is InChI=1S/C9H17NO2/c1-3-4-5-6-10-7-9(11)8-12-2/h1,9-11H,4-8H2,2H3. The SMILES string of the molecule is C#CCCCNCC(O)COC. The van der Waals surface area contributed by atoms with E-state index in [1.165, 1.54) is 0 Å². The summed E-state index contributed by atoms with van der Waals surface area (Å²) >= 11 is 0. The number of unbranched alkanes of at least 4 members (excludes halogenated alkanes) is 1. The molecule has 70 valence electrons. The Morgan fingerprint density at radius 2 is 2.42 bits per heavy atom. The van der Waals surface area contributed by atoms with E-state index in [0.717, 1.165) is 19.4 Å². The largest absolute Gasteiger partial charge is 0.389 e. The third-order valence-electron chi connectivity index (χ3n) is 1.41. The minimum atomic E-state index is -0.416. The molecule has 0 fully saturated rings. The summed E-state index contributed by atoms with van der Waals surface area (Å²) in [6.07, 6.45) is 6.39. The predicted octanol–water partition coefficient (Wildman–Crippen LogP) is -0.00330. The lowest BCUT2D eigenvalue weighted by Gasteiger charge is -2.09. The molecule has 0 bridgehead atoms. The molecule has 12 heavy (non-hydrogen) atoms. The van der Waals surface area contributed by atoms with E-state index < -0.39 is 6.10 Å². The summed E-state index contributed by atoms with van der Waals surface area (Å²) in [4.78, 5) is 0. The van der Waals surface area contributed by atoms with Crippen molar-refractivity contribution in [1.82, 2.24) is 5.32 Å². The van der Waals surface area contributed by atoms with Gasteiger partial charge in [0.05, 0.1) is 12.7 Å². The molecule has 0 saturated heterocycles. The molecule has 0 aliphatic heterocycles. The number of methoxy groups -OCH3 is 1. The minimum absolute atomic E-state index is 0.377. The molecule has 0 saturated carbocycles. The van der Waals surface area contributed by atoms with Gasteiger partial charge in [0.1, 0.15) is 0 Å². The Hall–Kier alpha value is -0.560. The number of terminal acetylenes is 1. The van der Waals surface area contributed by atoms with Crippen molar-refractivity contribution in [3.63, 3.8) is 0 Å². The first-order valence-electron chi connectivity index (χ1n) is 4.12. The normalized spacial score (nSPS) is 12.4. The van der Waals surface area contributed by atoms with Crippen LogP contribution < -0.4 is 5.32 Å². The average molecular weight is 171 g/mol. The molecule has 0 aliphatic carbocycles. The second-order valence-corrected chi connectivity index (χ2v) is 2.62. The van der Waals surface area contributed by atoms with Crippen LogP contribution in [0.2, 0.25) is 0 Å². The fourth-order valence-corrected chi connectivity index (χ4v) is 0.835. The van der Waals surface area contributed by atoms with Gasteiger partial charge in [0.2, 0.25) is 0 Å². The topological polar surface area (TPSA) is 41.5 Å². The van der Waals surface area contributed by atoms with E-state index in [1.807, 2.05) is 0 Å². The van der Waals surface area contributed by atoms with Crippen LogP contribution in [0.4, 0.5) is 0 Å². The molecule has 0 aromatic heterocycles. The van der Waals surface area contributed by atoms with Crippen molar-refractivity contribution in [1.29, 1.82) is 0 Å². The number of rotatable bonds is 7. The zero-order chi connectivity index (χ0) is 9.23. The van der Waals surface area contributed by atoms with Crippen LogP contribution in [-0.4, -0.2) is 38.0 Å². The molecule has 0 radical (unpaired) electrons. The van der Waals surface area contributed by atoms with Crippen LogP contribution in [0.3, 0.4) is 0 Å². The van der Waals surface area contributed by atoms with Crippen LogP contribution >= 0.6 is 0 Å². The maximum Gasteiger partial charge on any atom is 0.0897 e. The Kier molecular flexibility index (Phi) is 8.14. The van der Waals surface area contributed by atoms with Gasteiger partial charge in [-0.05, 0) is 13.0 Å². The number of aliphatic hydroxyl groups excluding tert-OH is 1. The third kappa shape index (κ3) is 7.55. The summed E-state index contributed by atoms with van der Waals surface area (Å²) in [7, 11) is 1.57. The monoisotopic (exact) mass is 171 g/mol. The van der Waals surface area contributed by atoms with E-state index in [4.69, 9.17) is 11.2 Å². The highest BCUT2D eigenvalue weighted by Crippen LogP contribution is 1.84. The molecule has 0 heterocycles. The Labute approximate surface area is 74.1 Å². The van der Waals surface area contributed by atoms with Gasteiger partial charge >= 0.3 is 0 Å². The first kappa shape index (κ1) is 11.4. The Bertz CT molecular complexity index is 131. The second-order valence-electron chi connectivity index (χ2n) is 2.62. The van der Waals surface area contributed by atoms with E-state index in [9.17, 15) is 5.11 Å². The van der Waals surface area contributed by atoms with Crippen molar-refractivity contribution in [3.05, 3.63) is 0 Å². The second kappa shape index (κ2) is 8.54. The number of ether oxygens (including phenoxy) is 1. The van der Waals surface area contributed by atoms with E-state index in [-0.39, 0.29) is 0 Å². The highest BCUT2D eigenvalue weighted by atomic mass is 16.5. The maximum atomic E-state index is 9.18. The van der Waals surface area contributed by atoms with Crippen LogP contribution in [0, 0.1) is 12.3 Å². The fourth-order valence-electron chi connectivity index (χ4n) is 0.835. The third-order valence-corrected chi connectivity index (χ3v) is 1.41. The van der Waals surface area contributed by atoms with Crippen LogP contribution in [0.1, 0.15) is 12.8 Å². The van der Waals surface area contributed by atoms with Crippen molar-refractivity contribution < 1.29 is 9.84 Å². The van der Waals surface area contributed by atoms with Crippen LogP contribution in [0.25, 0.3) is 0 Å². The summed E-state index contributed by atoms with van der Waals surface area (Å²) in [6.45, 7) is 1.80. The minimum Gasteiger partial charge on any atom is -0.389 e. The average Bonchev–Trinajstić information content (AvgIpc) is 2.05. The first-order valence-corrected chi connectivity index (χ1v) is 4.12. The molecule has 0 aromatic carbocycles. The molecule has 0 spiro atoms. The Balaban J connectivity index is 3.04. The van der Waals surface area contributed by atoms with Crippen LogP contribution in [-0.2, 0) is 4.74 Å². The highest BCUT2D eigenvalue weighted by molar-refractivity contribution is 4.83. The molecule has 0 amide bonds. The van der Waals surface area contributed by atoms with Gasteiger partial charge < -0.3 is 15.2 Å². The van der Waals surface area contributed by atoms with Gasteiger partial charge in [0.25, 0.3) is 0 Å². The van der Waals surface area contributed by atoms with Crippen molar-refractivity contribution in [3.8, 4) is 12.3 Å². The van der Waals surface area contributed by atoms with Gasteiger partial charge in [0, 0.05) is 20.1 Å². The zero-order valence-corrected chi connectivity index (χ0v) is 7.55. The first-order chi connectivity index (χ1) is 5.81. The molecule has 3 nitrogen and oxygen atoms in total. The molecule has 0 aliphatic rings. The van der Waals surface area contributed by atoms with Gasteiger partial charge in [-0.25, -0.2) is 0 Å². The summed E-state index contributed by atoms with van der Waals surface area (Å²) in [5.41, 5.74) is 0. The Morgan fingerprint density at radius 1 is 1.67 bits per heavy atom. The van der Waals surface area contributed by atoms with Gasteiger partial charge in [-0.15, -0.1) is 12.3 Å². The van der Waals surface area contributed by atoms with Gasteiger partial charge in [-0.1, -0.05) is 0 Å². The summed E-state index contributed by atoms with van der Waals surface area (Å²) < 4.78 is 4.76. The van der Waals surface area contributed by atoms with Gasteiger partial charge in [-0.2, -0.15) is 0 Å². The van der Waals surface area contributed by atoms with Crippen molar-refractivity contribution >= 4 is 0 Å². The van der Waals surface area contributed by atoms with E-state index >= 15 is 0 Å². The lowest BCUT2D eigenvalue weighted by molar-refractivity contribution is 0.0647. The molecule has 1 unspecified atom stereocenters. The molecular formula is C9H17NO2. The van der Waals surface area contributed by atoms with Crippen LogP contribution in [0.5, 0.6) is 0 Å². The van der Waals surface area contributed by atoms with Crippen molar-refractivity contribution in [2.45, 2.75) is 18.9 Å². The molecule has 1 atom stereocenters. The van der Waals surface area contributed by atoms with E-state index in [0.29, 0.717) is 13.2 Å². The number of hydrogen-bond donors (Lipinski definition) is 2. The van der Waals surface area contributed by atoms with Crippen molar-refractivity contribution in [2.75, 3.05) is 26.8 Å². The maximum absolute atomic E-state index is 9.18. The summed E-state index contributed by atoms with van der Waals surface area (Å²) in [5, 5.41) is 12.3. The quantitative estimate of drug-likeness (QED) is 0.418. The summed E-state index contributed by atoms with van der Waals surface area (Å²) in [5.74, 6) is 2.55. The lowest BCUT2D eigenvalue weighted by atomic mass is 10.3. The summed E-state index contributed by atoms with van der Waals surface area (Å²) in [6, 6.07) is 0. The van der Waals surface area contributed by atoms with Gasteiger partial charge in [-0.3, -0.25) is 0 Å². The molecular weight excluding hydrogens is 154 g/mol. The van der Waals surface area contributed by atoms with Crippen LogP contribution in [0.15, 0.2) is 0 Å². The molecule has 2 N–H and O–H groups in total. The zero-order valence-electron chi connectivity index (χ0n) is 7.55. The molecule has 0 aromatic rings. The number of nitrogens with one attached hydrogen (secondary N) is 1. The van der Waals surface area contributed by atoms with E-state index in [2.05, 4.69) is 11.2 Å².